The summed E-state index contributed by atoms with van der Waals surface area (Å²) in [6.07, 6.45) is 4.59. The largest absolute Gasteiger partial charge is 0.395 e. The van der Waals surface area contributed by atoms with Crippen molar-refractivity contribution in [3.63, 3.8) is 0 Å². The predicted molar refractivity (Wildman–Crippen MR) is 64.1 cm³/mol. The minimum Gasteiger partial charge on any atom is -0.395 e. The van der Waals surface area contributed by atoms with Crippen molar-refractivity contribution < 1.29 is 5.11 Å². The third kappa shape index (κ3) is 5.16. The number of aliphatic hydroxyl groups is 1. The van der Waals surface area contributed by atoms with Crippen LogP contribution < -0.4 is 5.32 Å². The van der Waals surface area contributed by atoms with E-state index in [1.807, 2.05) is 12.1 Å². The van der Waals surface area contributed by atoms with E-state index in [0.29, 0.717) is 0 Å². The van der Waals surface area contributed by atoms with Crippen molar-refractivity contribution in [2.24, 2.45) is 0 Å². The first-order valence-corrected chi connectivity index (χ1v) is 6.22. The summed E-state index contributed by atoms with van der Waals surface area (Å²) in [6.45, 7) is 3.18. The zero-order chi connectivity index (χ0) is 10.9. The quantitative estimate of drug-likeness (QED) is 0.692. The number of rotatable bonds is 7. The minimum atomic E-state index is 0.213. The molecule has 0 aliphatic carbocycles. The van der Waals surface area contributed by atoms with Gasteiger partial charge in [-0.05, 0) is 30.9 Å². The summed E-state index contributed by atoms with van der Waals surface area (Å²) >= 11 is 1.80. The first-order valence-electron chi connectivity index (χ1n) is 5.24. The molecule has 0 amide bonds. The number of nitrogens with zero attached hydrogens (tertiary/aromatic N) is 1. The predicted octanol–water partition coefficient (Wildman–Crippen LogP) is 1.53. The lowest BCUT2D eigenvalue weighted by Crippen LogP contribution is -2.32. The molecule has 3 nitrogen and oxygen atoms in total. The van der Waals surface area contributed by atoms with Gasteiger partial charge in [0.2, 0.25) is 0 Å². The molecule has 15 heavy (non-hydrogen) atoms. The van der Waals surface area contributed by atoms with E-state index in [1.54, 1.807) is 24.2 Å². The molecule has 0 bridgehead atoms. The van der Waals surface area contributed by atoms with Crippen LogP contribution >= 0.6 is 11.8 Å². The Bertz CT molecular complexity index is 256. The van der Waals surface area contributed by atoms with Crippen molar-refractivity contribution >= 4 is 11.8 Å². The van der Waals surface area contributed by atoms with Crippen molar-refractivity contribution in [2.75, 3.05) is 18.9 Å². The lowest BCUT2D eigenvalue weighted by molar-refractivity contribution is 0.242. The molecule has 0 aliphatic rings. The Morgan fingerprint density at radius 2 is 2.20 bits per heavy atom. The van der Waals surface area contributed by atoms with Gasteiger partial charge in [0.15, 0.2) is 0 Å². The van der Waals surface area contributed by atoms with Gasteiger partial charge in [-0.15, -0.1) is 11.8 Å². The van der Waals surface area contributed by atoms with Crippen LogP contribution in [0.15, 0.2) is 29.4 Å². The highest BCUT2D eigenvalue weighted by atomic mass is 32.2. The second-order valence-electron chi connectivity index (χ2n) is 3.26. The van der Waals surface area contributed by atoms with E-state index in [2.05, 4.69) is 17.2 Å². The maximum absolute atomic E-state index is 9.07. The monoisotopic (exact) mass is 226 g/mol. The lowest BCUT2D eigenvalue weighted by atomic mass is 10.2. The van der Waals surface area contributed by atoms with Crippen LogP contribution in [0.4, 0.5) is 0 Å². The normalized spacial score (nSPS) is 12.7. The molecule has 1 aromatic heterocycles. The van der Waals surface area contributed by atoms with Crippen LogP contribution in [0, 0.1) is 0 Å². The number of pyridine rings is 1. The third-order valence-corrected chi connectivity index (χ3v) is 3.14. The number of aromatic nitrogens is 1. The fourth-order valence-corrected chi connectivity index (χ4v) is 2.25. The molecule has 0 radical (unpaired) electrons. The molecule has 0 saturated heterocycles. The van der Waals surface area contributed by atoms with Crippen molar-refractivity contribution in [1.82, 2.24) is 10.3 Å². The van der Waals surface area contributed by atoms with E-state index in [4.69, 9.17) is 5.11 Å². The van der Waals surface area contributed by atoms with E-state index in [9.17, 15) is 0 Å². The fraction of sp³-hybridized carbons (Fsp3) is 0.545. The van der Waals surface area contributed by atoms with Gasteiger partial charge in [0, 0.05) is 23.3 Å². The average molecular weight is 226 g/mol. The molecule has 1 rings (SSSR count). The van der Waals surface area contributed by atoms with Crippen LogP contribution in [0.2, 0.25) is 0 Å². The number of hydrogen-bond donors (Lipinski definition) is 2. The highest BCUT2D eigenvalue weighted by molar-refractivity contribution is 7.99. The van der Waals surface area contributed by atoms with E-state index >= 15 is 0 Å². The van der Waals surface area contributed by atoms with Crippen LogP contribution in [-0.2, 0) is 0 Å². The molecule has 0 fully saturated rings. The Kier molecular flexibility index (Phi) is 6.39. The zero-order valence-electron chi connectivity index (χ0n) is 9.02. The first kappa shape index (κ1) is 12.5. The standard InChI is InChI=1S/C11H18N2OS/c1-2-13-10(9-14)5-8-15-11-3-6-12-7-4-11/h3-4,6-7,10,13-14H,2,5,8-9H2,1H3. The zero-order valence-corrected chi connectivity index (χ0v) is 9.83. The van der Waals surface area contributed by atoms with E-state index in [-0.39, 0.29) is 12.6 Å². The summed E-state index contributed by atoms with van der Waals surface area (Å²) in [5, 5.41) is 12.3. The van der Waals surface area contributed by atoms with E-state index in [1.165, 1.54) is 4.90 Å². The van der Waals surface area contributed by atoms with Crippen molar-refractivity contribution in [3.05, 3.63) is 24.5 Å². The molecule has 1 unspecified atom stereocenters. The second kappa shape index (κ2) is 7.68. The molecule has 4 heteroatoms. The number of likely N-dealkylation sites (N-methyl/N-ethyl adjacent to an activating group) is 1. The number of aliphatic hydroxyl groups excluding tert-OH is 1. The van der Waals surface area contributed by atoms with Gasteiger partial charge >= 0.3 is 0 Å². The molecule has 0 aromatic carbocycles. The first-order chi connectivity index (χ1) is 7.36. The van der Waals surface area contributed by atoms with Crippen molar-refractivity contribution in [2.45, 2.75) is 24.3 Å². The number of nitrogens with one attached hydrogen (secondary N) is 1. The number of thioether (sulfide) groups is 1. The smallest absolute Gasteiger partial charge is 0.0584 e. The lowest BCUT2D eigenvalue weighted by Gasteiger charge is -2.14. The van der Waals surface area contributed by atoms with Crippen LogP contribution in [0.3, 0.4) is 0 Å². The van der Waals surface area contributed by atoms with Crippen LogP contribution in [-0.4, -0.2) is 35.0 Å². The van der Waals surface area contributed by atoms with Crippen LogP contribution in [0.25, 0.3) is 0 Å². The van der Waals surface area contributed by atoms with Gasteiger partial charge in [-0.3, -0.25) is 4.98 Å². The van der Waals surface area contributed by atoms with Gasteiger partial charge < -0.3 is 10.4 Å². The van der Waals surface area contributed by atoms with E-state index < -0.39 is 0 Å². The maximum atomic E-state index is 9.07. The summed E-state index contributed by atoms with van der Waals surface area (Å²) in [5.74, 6) is 1.02. The van der Waals surface area contributed by atoms with Gasteiger partial charge in [-0.25, -0.2) is 0 Å². The SMILES string of the molecule is CCNC(CO)CCSc1ccncc1. The second-order valence-corrected chi connectivity index (χ2v) is 4.43. The highest BCUT2D eigenvalue weighted by Gasteiger charge is 2.04. The Morgan fingerprint density at radius 3 is 2.80 bits per heavy atom. The Morgan fingerprint density at radius 1 is 1.47 bits per heavy atom. The van der Waals surface area contributed by atoms with Crippen molar-refractivity contribution in [1.29, 1.82) is 0 Å². The van der Waals surface area contributed by atoms with Gasteiger partial charge in [-0.2, -0.15) is 0 Å². The molecular weight excluding hydrogens is 208 g/mol. The topological polar surface area (TPSA) is 45.1 Å². The van der Waals surface area contributed by atoms with Crippen LogP contribution in [0.1, 0.15) is 13.3 Å². The number of hydrogen-bond acceptors (Lipinski definition) is 4. The van der Waals surface area contributed by atoms with Gasteiger partial charge in [0.05, 0.1) is 6.61 Å². The fourth-order valence-electron chi connectivity index (χ4n) is 1.30. The van der Waals surface area contributed by atoms with Crippen molar-refractivity contribution in [3.8, 4) is 0 Å². The molecular formula is C11H18N2OS. The summed E-state index contributed by atoms with van der Waals surface area (Å²) in [4.78, 5) is 5.20. The van der Waals surface area contributed by atoms with E-state index in [0.717, 1.165) is 18.7 Å². The maximum Gasteiger partial charge on any atom is 0.0584 e. The average Bonchev–Trinajstić information content (AvgIpc) is 2.29. The molecule has 1 atom stereocenters. The summed E-state index contributed by atoms with van der Waals surface area (Å²) < 4.78 is 0. The van der Waals surface area contributed by atoms with Gasteiger partial charge in [-0.1, -0.05) is 6.92 Å². The molecule has 84 valence electrons. The van der Waals surface area contributed by atoms with Gasteiger partial charge in [0.25, 0.3) is 0 Å². The molecule has 1 heterocycles. The summed E-state index contributed by atoms with van der Waals surface area (Å²) in [6, 6.07) is 4.24. The minimum absolute atomic E-state index is 0.213. The molecule has 0 spiro atoms. The highest BCUT2D eigenvalue weighted by Crippen LogP contribution is 2.17. The Balaban J connectivity index is 2.20. The summed E-state index contributed by atoms with van der Waals surface area (Å²) in [7, 11) is 0. The molecule has 2 N–H and O–H groups in total. The van der Waals surface area contributed by atoms with Crippen LogP contribution in [0.5, 0.6) is 0 Å². The molecule has 1 aromatic rings. The molecule has 0 saturated carbocycles. The Labute approximate surface area is 95.3 Å². The summed E-state index contributed by atoms with van der Waals surface area (Å²) in [5.41, 5.74) is 0. The Hall–Kier alpha value is -0.580. The molecule has 0 aliphatic heterocycles. The third-order valence-electron chi connectivity index (χ3n) is 2.10. The van der Waals surface area contributed by atoms with Gasteiger partial charge in [0.1, 0.15) is 0 Å².